The van der Waals surface area contributed by atoms with E-state index in [0.717, 1.165) is 30.6 Å². The van der Waals surface area contributed by atoms with E-state index in [1.807, 2.05) is 27.6 Å². The highest BCUT2D eigenvalue weighted by atomic mass is 16.1. The Kier molecular flexibility index (Phi) is 3.42. The van der Waals surface area contributed by atoms with Crippen molar-refractivity contribution >= 4 is 6.29 Å². The van der Waals surface area contributed by atoms with Crippen LogP contribution in [0.1, 0.15) is 35.7 Å². The quantitative estimate of drug-likeness (QED) is 0.739. The molecule has 4 heteroatoms. The average Bonchev–Trinajstić information content (AvgIpc) is 2.95. The topological polar surface area (TPSA) is 39.8 Å². The van der Waals surface area contributed by atoms with Crippen molar-refractivity contribution in [2.24, 2.45) is 0 Å². The van der Waals surface area contributed by atoms with Crippen molar-refractivity contribution in [1.29, 1.82) is 0 Å². The zero-order valence-corrected chi connectivity index (χ0v) is 10.3. The largest absolute Gasteiger partial charge is 0.339 e. The van der Waals surface area contributed by atoms with E-state index < -0.39 is 0 Å². The molecule has 0 spiro atoms. The number of aromatic nitrogens is 3. The zero-order valence-electron chi connectivity index (χ0n) is 10.3. The number of nitrogens with zero attached hydrogens (tertiary/aromatic N) is 3. The van der Waals surface area contributed by atoms with E-state index in [0.29, 0.717) is 12.2 Å². The number of carbonyl (C=O) groups is 1. The number of aryl methyl sites for hydroxylation is 2. The number of hydrogen-bond donors (Lipinski definition) is 0. The van der Waals surface area contributed by atoms with Gasteiger partial charge in [-0.05, 0) is 31.5 Å². The summed E-state index contributed by atoms with van der Waals surface area (Å²) in [6.45, 7) is 5.72. The third-order valence-electron chi connectivity index (χ3n) is 2.89. The first-order chi connectivity index (χ1) is 8.28. The monoisotopic (exact) mass is 231 g/mol. The maximum atomic E-state index is 10.9. The smallest absolute Gasteiger partial charge is 0.166 e. The van der Waals surface area contributed by atoms with E-state index in [1.165, 1.54) is 0 Å². The van der Waals surface area contributed by atoms with Gasteiger partial charge in [0.05, 0.1) is 23.6 Å². The summed E-state index contributed by atoms with van der Waals surface area (Å²) in [5, 5.41) is 4.50. The molecule has 0 aliphatic heterocycles. The van der Waals surface area contributed by atoms with Crippen LogP contribution >= 0.6 is 0 Å². The Morgan fingerprint density at radius 3 is 2.88 bits per heavy atom. The van der Waals surface area contributed by atoms with Crippen molar-refractivity contribution in [3.05, 3.63) is 41.5 Å². The van der Waals surface area contributed by atoms with E-state index in [9.17, 15) is 4.79 Å². The average molecular weight is 231 g/mol. The fourth-order valence-electron chi connectivity index (χ4n) is 1.94. The van der Waals surface area contributed by atoms with E-state index in [2.05, 4.69) is 25.0 Å². The molecule has 0 fully saturated rings. The molecule has 0 bridgehead atoms. The van der Waals surface area contributed by atoms with Gasteiger partial charge in [-0.2, -0.15) is 5.10 Å². The Hall–Kier alpha value is -1.84. The molecule has 0 amide bonds. The number of hydrogen-bond acceptors (Lipinski definition) is 2. The van der Waals surface area contributed by atoms with Crippen LogP contribution in [0.25, 0.3) is 0 Å². The number of carbonyl (C=O) groups excluding carboxylic acids is 1. The van der Waals surface area contributed by atoms with Crippen molar-refractivity contribution in [3.8, 4) is 0 Å². The molecule has 2 aromatic rings. The standard InChI is InChI=1S/C13H17N3O/c1-3-11-8-13(16(4-2)14-11)9-15-7-5-6-12(15)10-17/h5-8,10H,3-4,9H2,1-2H3. The minimum Gasteiger partial charge on any atom is -0.339 e. The molecule has 4 nitrogen and oxygen atoms in total. The third-order valence-corrected chi connectivity index (χ3v) is 2.89. The summed E-state index contributed by atoms with van der Waals surface area (Å²) in [6.07, 6.45) is 3.74. The van der Waals surface area contributed by atoms with Gasteiger partial charge in [-0.1, -0.05) is 6.92 Å². The number of aldehydes is 1. The van der Waals surface area contributed by atoms with Crippen LogP contribution in [0.5, 0.6) is 0 Å². The molecule has 0 atom stereocenters. The lowest BCUT2D eigenvalue weighted by molar-refractivity contribution is 0.111. The van der Waals surface area contributed by atoms with Crippen LogP contribution in [0, 0.1) is 0 Å². The molecule has 2 heterocycles. The molecule has 0 saturated heterocycles. The SMILES string of the molecule is CCc1cc(Cn2cccc2C=O)n(CC)n1. The van der Waals surface area contributed by atoms with Crippen LogP contribution in [-0.2, 0) is 19.5 Å². The zero-order chi connectivity index (χ0) is 12.3. The lowest BCUT2D eigenvalue weighted by Crippen LogP contribution is -2.09. The molecule has 0 aromatic carbocycles. The lowest BCUT2D eigenvalue weighted by atomic mass is 10.3. The van der Waals surface area contributed by atoms with Crippen molar-refractivity contribution in [3.63, 3.8) is 0 Å². The van der Waals surface area contributed by atoms with Crippen LogP contribution in [0.2, 0.25) is 0 Å². The molecule has 0 saturated carbocycles. The molecule has 17 heavy (non-hydrogen) atoms. The van der Waals surface area contributed by atoms with Crippen LogP contribution in [0.4, 0.5) is 0 Å². The van der Waals surface area contributed by atoms with Crippen LogP contribution in [0.15, 0.2) is 24.4 Å². The van der Waals surface area contributed by atoms with E-state index in [1.54, 1.807) is 0 Å². The summed E-state index contributed by atoms with van der Waals surface area (Å²) in [6, 6.07) is 5.82. The van der Waals surface area contributed by atoms with Gasteiger partial charge in [-0.25, -0.2) is 0 Å². The minimum atomic E-state index is 0.696. The van der Waals surface area contributed by atoms with Gasteiger partial charge in [0.15, 0.2) is 6.29 Å². The van der Waals surface area contributed by atoms with Crippen molar-refractivity contribution in [2.75, 3.05) is 0 Å². The van der Waals surface area contributed by atoms with Gasteiger partial charge in [0, 0.05) is 12.7 Å². The van der Waals surface area contributed by atoms with Crippen LogP contribution in [0.3, 0.4) is 0 Å². The Labute approximate surface area is 101 Å². The van der Waals surface area contributed by atoms with Crippen LogP contribution in [-0.4, -0.2) is 20.6 Å². The van der Waals surface area contributed by atoms with Gasteiger partial charge in [0.2, 0.25) is 0 Å². The molecule has 2 aromatic heterocycles. The summed E-state index contributed by atoms with van der Waals surface area (Å²) < 4.78 is 3.93. The van der Waals surface area contributed by atoms with Gasteiger partial charge < -0.3 is 4.57 Å². The Bertz CT molecular complexity index is 510. The first kappa shape index (κ1) is 11.6. The molecule has 0 unspecified atom stereocenters. The van der Waals surface area contributed by atoms with E-state index >= 15 is 0 Å². The number of rotatable bonds is 5. The first-order valence-electron chi connectivity index (χ1n) is 5.94. The van der Waals surface area contributed by atoms with Crippen LogP contribution < -0.4 is 0 Å². The van der Waals surface area contributed by atoms with Gasteiger partial charge in [-0.15, -0.1) is 0 Å². The van der Waals surface area contributed by atoms with Crippen molar-refractivity contribution in [2.45, 2.75) is 33.4 Å². The highest BCUT2D eigenvalue weighted by Gasteiger charge is 2.07. The second kappa shape index (κ2) is 4.99. The molecule has 0 radical (unpaired) electrons. The van der Waals surface area contributed by atoms with Gasteiger partial charge in [-0.3, -0.25) is 9.48 Å². The van der Waals surface area contributed by atoms with Gasteiger partial charge >= 0.3 is 0 Å². The first-order valence-corrected chi connectivity index (χ1v) is 5.94. The van der Waals surface area contributed by atoms with Crippen molar-refractivity contribution in [1.82, 2.24) is 14.3 Å². The van der Waals surface area contributed by atoms with E-state index in [-0.39, 0.29) is 0 Å². The third kappa shape index (κ3) is 2.30. The minimum absolute atomic E-state index is 0.696. The molecule has 2 rings (SSSR count). The summed E-state index contributed by atoms with van der Waals surface area (Å²) in [5.74, 6) is 0. The normalized spacial score (nSPS) is 10.7. The summed E-state index contributed by atoms with van der Waals surface area (Å²) in [7, 11) is 0. The molecular formula is C13H17N3O. The Balaban J connectivity index is 2.28. The predicted octanol–water partition coefficient (Wildman–Crippen LogP) is 2.13. The second-order valence-electron chi connectivity index (χ2n) is 3.98. The fraction of sp³-hybridized carbons (Fsp3) is 0.385. The highest BCUT2D eigenvalue weighted by molar-refractivity contribution is 5.72. The van der Waals surface area contributed by atoms with Gasteiger partial charge in [0.25, 0.3) is 0 Å². The fourth-order valence-corrected chi connectivity index (χ4v) is 1.94. The summed E-state index contributed by atoms with van der Waals surface area (Å²) in [4.78, 5) is 10.9. The molecule has 0 aliphatic carbocycles. The maximum Gasteiger partial charge on any atom is 0.166 e. The molecule has 90 valence electrons. The van der Waals surface area contributed by atoms with E-state index in [4.69, 9.17) is 0 Å². The highest BCUT2D eigenvalue weighted by Crippen LogP contribution is 2.09. The predicted molar refractivity (Wildman–Crippen MR) is 66.2 cm³/mol. The van der Waals surface area contributed by atoms with Crippen molar-refractivity contribution < 1.29 is 4.79 Å². The Morgan fingerprint density at radius 1 is 1.41 bits per heavy atom. The lowest BCUT2D eigenvalue weighted by Gasteiger charge is -2.07. The van der Waals surface area contributed by atoms with Gasteiger partial charge in [0.1, 0.15) is 0 Å². The molecule has 0 N–H and O–H groups in total. The molecular weight excluding hydrogens is 214 g/mol. The summed E-state index contributed by atoms with van der Waals surface area (Å²) in [5.41, 5.74) is 2.94. The summed E-state index contributed by atoms with van der Waals surface area (Å²) >= 11 is 0. The second-order valence-corrected chi connectivity index (χ2v) is 3.98. The maximum absolute atomic E-state index is 10.9. The molecule has 0 aliphatic rings. The Morgan fingerprint density at radius 2 is 2.24 bits per heavy atom.